The van der Waals surface area contributed by atoms with E-state index in [4.69, 9.17) is 0 Å². The Balaban J connectivity index is 2.22. The lowest BCUT2D eigenvalue weighted by molar-refractivity contribution is 0.587. The van der Waals surface area contributed by atoms with E-state index < -0.39 is 0 Å². The van der Waals surface area contributed by atoms with Gasteiger partial charge in [-0.1, -0.05) is 19.9 Å². The zero-order chi connectivity index (χ0) is 10.8. The highest BCUT2D eigenvalue weighted by Gasteiger charge is 2.02. The lowest BCUT2D eigenvalue weighted by atomic mass is 10.0. The van der Waals surface area contributed by atoms with Crippen molar-refractivity contribution >= 4 is 21.6 Å². The van der Waals surface area contributed by atoms with Crippen LogP contribution in [0.1, 0.15) is 30.8 Å². The number of fused-ring (bicyclic) bond motifs is 1. The molecule has 0 amide bonds. The summed E-state index contributed by atoms with van der Waals surface area (Å²) in [6.07, 6.45) is 2.43. The van der Waals surface area contributed by atoms with Crippen LogP contribution in [0.3, 0.4) is 0 Å². The predicted molar refractivity (Wildman–Crippen MR) is 67.5 cm³/mol. The minimum absolute atomic E-state index is 0.776. The van der Waals surface area contributed by atoms with E-state index in [2.05, 4.69) is 44.0 Å². The van der Waals surface area contributed by atoms with E-state index >= 15 is 0 Å². The average molecular weight is 219 g/mol. The maximum Gasteiger partial charge on any atom is 0.0907 e. The van der Waals surface area contributed by atoms with E-state index in [0.717, 1.165) is 10.9 Å². The largest absolute Gasteiger partial charge is 0.242 e. The van der Waals surface area contributed by atoms with Gasteiger partial charge in [0.2, 0.25) is 0 Å². The molecule has 15 heavy (non-hydrogen) atoms. The normalized spacial score (nSPS) is 11.5. The van der Waals surface area contributed by atoms with Crippen LogP contribution in [0.2, 0.25) is 0 Å². The van der Waals surface area contributed by atoms with E-state index in [0.29, 0.717) is 0 Å². The van der Waals surface area contributed by atoms with Gasteiger partial charge >= 0.3 is 0 Å². The molecule has 2 heteroatoms. The van der Waals surface area contributed by atoms with Crippen LogP contribution in [-0.2, 0) is 6.42 Å². The fourth-order valence-electron chi connectivity index (χ4n) is 1.70. The third-order valence-electron chi connectivity index (χ3n) is 2.57. The van der Waals surface area contributed by atoms with Gasteiger partial charge in [-0.05, 0) is 43.4 Å². The summed E-state index contributed by atoms with van der Waals surface area (Å²) in [7, 11) is 0. The number of nitrogens with zero attached hydrogens (tertiary/aromatic N) is 1. The van der Waals surface area contributed by atoms with Crippen LogP contribution >= 0.6 is 11.3 Å². The lowest BCUT2D eigenvalue weighted by Gasteiger charge is -2.04. The molecule has 0 aliphatic carbocycles. The van der Waals surface area contributed by atoms with Crippen LogP contribution in [0, 0.1) is 12.8 Å². The summed E-state index contributed by atoms with van der Waals surface area (Å²) in [6.45, 7) is 6.61. The summed E-state index contributed by atoms with van der Waals surface area (Å²) in [5.41, 5.74) is 2.58. The minimum atomic E-state index is 0.776. The smallest absolute Gasteiger partial charge is 0.0907 e. The summed E-state index contributed by atoms with van der Waals surface area (Å²) in [4.78, 5) is 4.52. The molecule has 0 saturated carbocycles. The molecular formula is C13H17NS. The first-order valence-corrected chi connectivity index (χ1v) is 6.33. The highest BCUT2D eigenvalue weighted by molar-refractivity contribution is 7.18. The van der Waals surface area contributed by atoms with Gasteiger partial charge in [-0.3, -0.25) is 0 Å². The van der Waals surface area contributed by atoms with Crippen molar-refractivity contribution in [1.29, 1.82) is 0 Å². The molecule has 0 atom stereocenters. The van der Waals surface area contributed by atoms with E-state index in [-0.39, 0.29) is 0 Å². The molecule has 0 bridgehead atoms. The van der Waals surface area contributed by atoms with Crippen molar-refractivity contribution in [2.45, 2.75) is 33.6 Å². The highest BCUT2D eigenvalue weighted by atomic mass is 32.1. The standard InChI is InChI=1S/C13H17NS/c1-9(2)4-5-11-6-7-13-12(8-11)14-10(3)15-13/h6-9H,4-5H2,1-3H3. The third-order valence-corrected chi connectivity index (χ3v) is 3.52. The molecule has 2 aromatic rings. The van der Waals surface area contributed by atoms with Crippen molar-refractivity contribution in [3.8, 4) is 0 Å². The van der Waals surface area contributed by atoms with E-state index in [1.807, 2.05) is 0 Å². The van der Waals surface area contributed by atoms with Crippen LogP contribution in [0.25, 0.3) is 10.2 Å². The van der Waals surface area contributed by atoms with Crippen LogP contribution in [0.5, 0.6) is 0 Å². The molecule has 1 aromatic heterocycles. The first-order valence-electron chi connectivity index (χ1n) is 5.51. The quantitative estimate of drug-likeness (QED) is 0.754. The molecule has 0 N–H and O–H groups in total. The van der Waals surface area contributed by atoms with Crippen molar-refractivity contribution < 1.29 is 0 Å². The highest BCUT2D eigenvalue weighted by Crippen LogP contribution is 2.23. The minimum Gasteiger partial charge on any atom is -0.242 e. The molecule has 0 radical (unpaired) electrons. The van der Waals surface area contributed by atoms with Crippen LogP contribution in [-0.4, -0.2) is 4.98 Å². The first-order chi connectivity index (χ1) is 7.15. The number of benzene rings is 1. The van der Waals surface area contributed by atoms with E-state index in [1.165, 1.54) is 28.6 Å². The SMILES string of the molecule is Cc1nc2cc(CCC(C)C)ccc2s1. The fourth-order valence-corrected chi connectivity index (χ4v) is 2.51. The van der Waals surface area contributed by atoms with Gasteiger partial charge in [0.05, 0.1) is 15.2 Å². The molecule has 0 unspecified atom stereocenters. The Hall–Kier alpha value is -0.890. The van der Waals surface area contributed by atoms with Gasteiger partial charge in [0, 0.05) is 0 Å². The first kappa shape index (κ1) is 10.6. The monoisotopic (exact) mass is 219 g/mol. The molecule has 1 heterocycles. The summed E-state index contributed by atoms with van der Waals surface area (Å²) in [6, 6.07) is 6.68. The van der Waals surface area contributed by atoms with Crippen LogP contribution < -0.4 is 0 Å². The summed E-state index contributed by atoms with van der Waals surface area (Å²) in [5, 5.41) is 1.16. The fraction of sp³-hybridized carbons (Fsp3) is 0.462. The lowest BCUT2D eigenvalue weighted by Crippen LogP contribution is -1.91. The van der Waals surface area contributed by atoms with Crippen molar-refractivity contribution in [1.82, 2.24) is 4.98 Å². The van der Waals surface area contributed by atoms with Gasteiger partial charge in [0.1, 0.15) is 0 Å². The molecule has 0 fully saturated rings. The van der Waals surface area contributed by atoms with Crippen molar-refractivity contribution in [2.24, 2.45) is 5.92 Å². The molecule has 0 aliphatic rings. The summed E-state index contributed by atoms with van der Waals surface area (Å²) in [5.74, 6) is 0.776. The topological polar surface area (TPSA) is 12.9 Å². The van der Waals surface area contributed by atoms with Crippen LogP contribution in [0.4, 0.5) is 0 Å². The molecule has 80 valence electrons. The second-order valence-corrected chi connectivity index (χ2v) is 5.70. The van der Waals surface area contributed by atoms with Gasteiger partial charge in [-0.25, -0.2) is 4.98 Å². The molecule has 2 rings (SSSR count). The molecule has 1 nitrogen and oxygen atoms in total. The van der Waals surface area contributed by atoms with Crippen molar-refractivity contribution in [3.05, 3.63) is 28.8 Å². The molecule has 0 aliphatic heterocycles. The zero-order valence-corrected chi connectivity index (χ0v) is 10.4. The van der Waals surface area contributed by atoms with E-state index in [9.17, 15) is 0 Å². The Kier molecular flexibility index (Phi) is 3.06. The Labute approximate surface area is 95.2 Å². The van der Waals surface area contributed by atoms with Gasteiger partial charge in [-0.2, -0.15) is 0 Å². The number of aryl methyl sites for hydroxylation is 2. The molecule has 0 saturated heterocycles. The predicted octanol–water partition coefficient (Wildman–Crippen LogP) is 4.19. The number of hydrogen-bond acceptors (Lipinski definition) is 2. The maximum absolute atomic E-state index is 4.52. The Bertz CT molecular complexity index is 457. The zero-order valence-electron chi connectivity index (χ0n) is 9.58. The molecule has 0 spiro atoms. The number of rotatable bonds is 3. The Morgan fingerprint density at radius 1 is 1.33 bits per heavy atom. The second-order valence-electron chi connectivity index (χ2n) is 4.47. The van der Waals surface area contributed by atoms with E-state index in [1.54, 1.807) is 11.3 Å². The van der Waals surface area contributed by atoms with Gasteiger partial charge in [-0.15, -0.1) is 11.3 Å². The molecule has 1 aromatic carbocycles. The molecular weight excluding hydrogens is 202 g/mol. The number of aromatic nitrogens is 1. The summed E-state index contributed by atoms with van der Waals surface area (Å²) < 4.78 is 1.31. The number of thiazole rings is 1. The number of hydrogen-bond donors (Lipinski definition) is 0. The summed E-state index contributed by atoms with van der Waals surface area (Å²) >= 11 is 1.77. The van der Waals surface area contributed by atoms with Crippen LogP contribution in [0.15, 0.2) is 18.2 Å². The average Bonchev–Trinajstić information content (AvgIpc) is 2.53. The maximum atomic E-state index is 4.52. The Morgan fingerprint density at radius 3 is 2.87 bits per heavy atom. The second kappa shape index (κ2) is 4.31. The third kappa shape index (κ3) is 2.57. The van der Waals surface area contributed by atoms with Gasteiger partial charge in [0.25, 0.3) is 0 Å². The van der Waals surface area contributed by atoms with Gasteiger partial charge in [0.15, 0.2) is 0 Å². The van der Waals surface area contributed by atoms with Gasteiger partial charge < -0.3 is 0 Å². The van der Waals surface area contributed by atoms with Crippen molar-refractivity contribution in [2.75, 3.05) is 0 Å². The van der Waals surface area contributed by atoms with Crippen molar-refractivity contribution in [3.63, 3.8) is 0 Å². The Morgan fingerprint density at radius 2 is 2.13 bits per heavy atom.